The van der Waals surface area contributed by atoms with Crippen LogP contribution in [0.4, 0.5) is 0 Å². The number of hydrogen-bond donors (Lipinski definition) is 3. The molecule has 5 nitrogen and oxygen atoms in total. The molecule has 1 heterocycles. The Bertz CT molecular complexity index is 712. The number of aliphatic hydroxyl groups excluding tert-OH is 2. The third-order valence-electron chi connectivity index (χ3n) is 4.49. The smallest absolute Gasteiger partial charge is 0.258 e. The van der Waals surface area contributed by atoms with Crippen LogP contribution < -0.4 is 5.32 Å². The van der Waals surface area contributed by atoms with Crippen LogP contribution in [-0.4, -0.2) is 34.2 Å². The lowest BCUT2D eigenvalue weighted by Gasteiger charge is -2.15. The minimum Gasteiger partial charge on any atom is -0.393 e. The van der Waals surface area contributed by atoms with Crippen molar-refractivity contribution in [3.05, 3.63) is 47.5 Å². The maximum Gasteiger partial charge on any atom is 0.258 e. The molecule has 3 N–H and O–H groups in total. The highest BCUT2D eigenvalue weighted by Crippen LogP contribution is 2.25. The van der Waals surface area contributed by atoms with Crippen LogP contribution in [0.3, 0.4) is 0 Å². The van der Waals surface area contributed by atoms with E-state index in [9.17, 15) is 9.59 Å². The number of aliphatic hydroxyl groups is 2. The zero-order valence-corrected chi connectivity index (χ0v) is 13.4. The molecule has 1 aliphatic heterocycles. The van der Waals surface area contributed by atoms with Gasteiger partial charge in [0, 0.05) is 16.5 Å². The first-order valence-electron chi connectivity index (χ1n) is 8.30. The van der Waals surface area contributed by atoms with E-state index >= 15 is 0 Å². The van der Waals surface area contributed by atoms with Crippen LogP contribution in [0.5, 0.6) is 0 Å². The Morgan fingerprint density at radius 2 is 1.33 bits per heavy atom. The van der Waals surface area contributed by atoms with Crippen molar-refractivity contribution >= 4 is 22.6 Å². The number of benzene rings is 2. The van der Waals surface area contributed by atoms with Crippen molar-refractivity contribution in [3.63, 3.8) is 0 Å². The molecular weight excluding hydrogens is 306 g/mol. The van der Waals surface area contributed by atoms with E-state index < -0.39 is 0 Å². The quantitative estimate of drug-likeness (QED) is 0.512. The van der Waals surface area contributed by atoms with Crippen molar-refractivity contribution in [1.82, 2.24) is 5.32 Å². The van der Waals surface area contributed by atoms with Gasteiger partial charge in [-0.3, -0.25) is 14.9 Å². The molecule has 0 saturated heterocycles. The average molecular weight is 327 g/mol. The summed E-state index contributed by atoms with van der Waals surface area (Å²) < 4.78 is 0. The van der Waals surface area contributed by atoms with E-state index in [0.29, 0.717) is 17.5 Å². The first kappa shape index (κ1) is 16.6. The molecule has 1 fully saturated rings. The van der Waals surface area contributed by atoms with E-state index in [1.165, 1.54) is 0 Å². The van der Waals surface area contributed by atoms with E-state index in [1.807, 2.05) is 24.3 Å². The lowest BCUT2D eigenvalue weighted by Crippen LogP contribution is -2.34. The number of nitrogens with one attached hydrogen (secondary N) is 1. The van der Waals surface area contributed by atoms with E-state index in [-0.39, 0.29) is 24.0 Å². The first-order chi connectivity index (χ1) is 11.6. The molecule has 0 unspecified atom stereocenters. The van der Waals surface area contributed by atoms with Crippen LogP contribution in [0.2, 0.25) is 0 Å². The fraction of sp³-hybridized carbons (Fsp3) is 0.368. The molecule has 1 aliphatic carbocycles. The van der Waals surface area contributed by atoms with Gasteiger partial charge in [-0.25, -0.2) is 0 Å². The molecule has 126 valence electrons. The second-order valence-electron chi connectivity index (χ2n) is 6.32. The molecule has 24 heavy (non-hydrogen) atoms. The monoisotopic (exact) mass is 327 g/mol. The van der Waals surface area contributed by atoms with Gasteiger partial charge in [-0.1, -0.05) is 37.1 Å². The van der Waals surface area contributed by atoms with Gasteiger partial charge in [-0.2, -0.15) is 0 Å². The number of imide groups is 1. The Hall–Kier alpha value is -2.24. The third kappa shape index (κ3) is 3.47. The van der Waals surface area contributed by atoms with Gasteiger partial charge < -0.3 is 10.2 Å². The van der Waals surface area contributed by atoms with Gasteiger partial charge in [0.15, 0.2) is 0 Å². The summed E-state index contributed by atoms with van der Waals surface area (Å²) in [6.45, 7) is 0. The van der Waals surface area contributed by atoms with Gasteiger partial charge in [0.25, 0.3) is 11.8 Å². The topological polar surface area (TPSA) is 86.6 Å². The van der Waals surface area contributed by atoms with Crippen LogP contribution in [0.1, 0.15) is 52.8 Å². The molecule has 0 aromatic heterocycles. The maximum absolute atomic E-state index is 11.6. The van der Waals surface area contributed by atoms with Crippen LogP contribution in [-0.2, 0) is 0 Å². The molecule has 1 saturated carbocycles. The highest BCUT2D eigenvalue weighted by atomic mass is 16.3. The standard InChI is InChI=1S/C12H7NO2.C7H14O2/c14-11-8-5-1-3-7-4-2-6-9(10(7)8)12(15)13-11;8-6-3-1-2-4-7(9)5-6/h1-6H,(H,13,14,15);6-9H,1-5H2/t;6-,7+. The molecule has 2 amide bonds. The molecule has 2 aromatic rings. The summed E-state index contributed by atoms with van der Waals surface area (Å²) in [5.74, 6) is -0.631. The first-order valence-corrected chi connectivity index (χ1v) is 8.30. The molecule has 0 spiro atoms. The van der Waals surface area contributed by atoms with Gasteiger partial charge in [0.1, 0.15) is 0 Å². The molecule has 0 radical (unpaired) electrons. The Kier molecular flexibility index (Phi) is 4.92. The Balaban J connectivity index is 0.000000162. The fourth-order valence-electron chi connectivity index (χ4n) is 3.27. The Labute approximate surface area is 140 Å². The van der Waals surface area contributed by atoms with Crippen LogP contribution in [0.15, 0.2) is 36.4 Å². The van der Waals surface area contributed by atoms with E-state index in [4.69, 9.17) is 10.2 Å². The number of hydrogen-bond acceptors (Lipinski definition) is 4. The maximum atomic E-state index is 11.6. The van der Waals surface area contributed by atoms with Crippen LogP contribution >= 0.6 is 0 Å². The van der Waals surface area contributed by atoms with Crippen LogP contribution in [0.25, 0.3) is 10.8 Å². The predicted molar refractivity (Wildman–Crippen MR) is 90.8 cm³/mol. The molecule has 5 heteroatoms. The zero-order chi connectivity index (χ0) is 17.1. The summed E-state index contributed by atoms with van der Waals surface area (Å²) in [4.78, 5) is 23.1. The highest BCUT2D eigenvalue weighted by molar-refractivity contribution is 6.25. The largest absolute Gasteiger partial charge is 0.393 e. The highest BCUT2D eigenvalue weighted by Gasteiger charge is 2.23. The van der Waals surface area contributed by atoms with Crippen molar-refractivity contribution in [3.8, 4) is 0 Å². The SMILES string of the molecule is O=C1NC(=O)c2cccc3cccc1c23.O[C@@H]1CCCC[C@H](O)C1. The van der Waals surface area contributed by atoms with Gasteiger partial charge in [0.2, 0.25) is 0 Å². The second-order valence-corrected chi connectivity index (χ2v) is 6.32. The number of carbonyl (C=O) groups excluding carboxylic acids is 2. The van der Waals surface area contributed by atoms with Crippen molar-refractivity contribution in [2.75, 3.05) is 0 Å². The van der Waals surface area contributed by atoms with Crippen LogP contribution in [0, 0.1) is 0 Å². The zero-order valence-electron chi connectivity index (χ0n) is 13.4. The normalized spacial score (nSPS) is 23.1. The molecule has 0 bridgehead atoms. The fourth-order valence-corrected chi connectivity index (χ4v) is 3.27. The summed E-state index contributed by atoms with van der Waals surface area (Å²) >= 11 is 0. The third-order valence-corrected chi connectivity index (χ3v) is 4.49. The van der Waals surface area contributed by atoms with Crippen molar-refractivity contribution in [1.29, 1.82) is 0 Å². The number of rotatable bonds is 0. The predicted octanol–water partition coefficient (Wildman–Crippen LogP) is 2.40. The minimum atomic E-state index is -0.315. The Morgan fingerprint density at radius 3 is 1.83 bits per heavy atom. The average Bonchev–Trinajstić information content (AvgIpc) is 2.76. The lowest BCUT2D eigenvalue weighted by molar-refractivity contribution is 0.0835. The summed E-state index contributed by atoms with van der Waals surface area (Å²) in [5.41, 5.74) is 1.14. The molecular formula is C19H21NO4. The lowest BCUT2D eigenvalue weighted by atomic mass is 9.95. The van der Waals surface area contributed by atoms with Gasteiger partial charge in [0.05, 0.1) is 12.2 Å². The number of amides is 2. The molecule has 2 atom stereocenters. The van der Waals surface area contributed by atoms with Gasteiger partial charge >= 0.3 is 0 Å². The Morgan fingerprint density at radius 1 is 0.833 bits per heavy atom. The summed E-state index contributed by atoms with van der Waals surface area (Å²) in [5, 5.41) is 22.2. The summed E-state index contributed by atoms with van der Waals surface area (Å²) in [7, 11) is 0. The van der Waals surface area contributed by atoms with Crippen molar-refractivity contribution in [2.45, 2.75) is 44.3 Å². The molecule has 2 aliphatic rings. The van der Waals surface area contributed by atoms with E-state index in [2.05, 4.69) is 5.32 Å². The van der Waals surface area contributed by atoms with Crippen molar-refractivity contribution < 1.29 is 19.8 Å². The minimum absolute atomic E-state index is 0.248. The van der Waals surface area contributed by atoms with Crippen molar-refractivity contribution in [2.24, 2.45) is 0 Å². The molecule has 4 rings (SSSR count). The summed E-state index contributed by atoms with van der Waals surface area (Å²) in [6, 6.07) is 10.9. The van der Waals surface area contributed by atoms with E-state index in [1.54, 1.807) is 12.1 Å². The van der Waals surface area contributed by atoms with E-state index in [0.717, 1.165) is 36.5 Å². The van der Waals surface area contributed by atoms with Gasteiger partial charge in [-0.05, 0) is 36.8 Å². The number of carbonyl (C=O) groups is 2. The molecule has 2 aromatic carbocycles. The summed E-state index contributed by atoms with van der Waals surface area (Å²) in [6.07, 6.45) is 3.97. The second kappa shape index (κ2) is 7.11. The van der Waals surface area contributed by atoms with Gasteiger partial charge in [-0.15, -0.1) is 0 Å².